The molecule has 2 unspecified atom stereocenters. The summed E-state index contributed by atoms with van der Waals surface area (Å²) in [5.41, 5.74) is 0. The number of thiol groups is 2. The van der Waals surface area contributed by atoms with Gasteiger partial charge in [0.2, 0.25) is 0 Å². The monoisotopic (exact) mass is 268 g/mol. The molecular weight excluding hydrogens is 244 g/mol. The van der Waals surface area contributed by atoms with Crippen LogP contribution in [0.25, 0.3) is 0 Å². The lowest BCUT2D eigenvalue weighted by Crippen LogP contribution is -2.13. The zero-order valence-corrected chi connectivity index (χ0v) is 11.4. The van der Waals surface area contributed by atoms with Gasteiger partial charge in [0.05, 0.1) is 6.10 Å². The van der Waals surface area contributed by atoms with Crippen molar-refractivity contribution in [3.63, 3.8) is 0 Å². The van der Waals surface area contributed by atoms with Crippen LogP contribution in [-0.2, 0) is 0 Å². The Labute approximate surface area is 109 Å². The molecule has 0 aromatic carbocycles. The molecule has 3 N–H and O–H groups in total. The first-order valence-corrected chi connectivity index (χ1v) is 6.89. The van der Waals surface area contributed by atoms with E-state index >= 15 is 0 Å². The van der Waals surface area contributed by atoms with Crippen LogP contribution in [0.5, 0.6) is 0 Å². The van der Waals surface area contributed by atoms with Gasteiger partial charge in [-0.25, -0.2) is 0 Å². The van der Waals surface area contributed by atoms with Crippen molar-refractivity contribution in [3.05, 3.63) is 0 Å². The van der Waals surface area contributed by atoms with E-state index in [1.807, 2.05) is 0 Å². The van der Waals surface area contributed by atoms with Crippen LogP contribution in [0.4, 0.5) is 0 Å². The van der Waals surface area contributed by atoms with Crippen LogP contribution in [0.1, 0.15) is 38.5 Å². The van der Waals surface area contributed by atoms with Gasteiger partial charge in [0.15, 0.2) is 0 Å². The molecule has 0 spiro atoms. The Bertz CT molecular complexity index is 142. The van der Waals surface area contributed by atoms with Gasteiger partial charge in [0.25, 0.3) is 0 Å². The molecule has 0 aromatic rings. The average molecular weight is 268 g/mol. The quantitative estimate of drug-likeness (QED) is 0.388. The Kier molecular flexibility index (Phi) is 11.1. The van der Waals surface area contributed by atoms with E-state index in [4.69, 9.17) is 10.2 Å². The van der Waals surface area contributed by atoms with Gasteiger partial charge in [0.1, 0.15) is 0 Å². The summed E-state index contributed by atoms with van der Waals surface area (Å²) in [6, 6.07) is 0. The van der Waals surface area contributed by atoms with Gasteiger partial charge < -0.3 is 15.3 Å². The van der Waals surface area contributed by atoms with Gasteiger partial charge in [-0.2, -0.15) is 25.3 Å². The lowest BCUT2D eigenvalue weighted by atomic mass is 10.0. The molecular formula is C11H24O3S2. The number of aliphatic hydroxyl groups is 3. The molecule has 0 bridgehead atoms. The van der Waals surface area contributed by atoms with Crippen molar-refractivity contribution in [3.8, 4) is 0 Å². The summed E-state index contributed by atoms with van der Waals surface area (Å²) in [6.07, 6.45) is 4.11. The fraction of sp³-hybridized carbons (Fsp3) is 1.00. The van der Waals surface area contributed by atoms with E-state index in [2.05, 4.69) is 25.3 Å². The van der Waals surface area contributed by atoms with Crippen molar-refractivity contribution in [2.24, 2.45) is 0 Å². The first kappa shape index (κ1) is 16.6. The summed E-state index contributed by atoms with van der Waals surface area (Å²) in [5.74, 6) is 0. The van der Waals surface area contributed by atoms with Crippen molar-refractivity contribution < 1.29 is 15.3 Å². The zero-order chi connectivity index (χ0) is 12.4. The maximum Gasteiger partial charge on any atom is 0.0541 e. The van der Waals surface area contributed by atoms with Crippen LogP contribution in [0, 0.1) is 0 Å². The molecule has 16 heavy (non-hydrogen) atoms. The Morgan fingerprint density at radius 2 is 1.06 bits per heavy atom. The second kappa shape index (κ2) is 10.7. The Morgan fingerprint density at radius 3 is 1.38 bits per heavy atom. The fourth-order valence-corrected chi connectivity index (χ4v) is 2.03. The molecule has 3 nitrogen and oxygen atoms in total. The summed E-state index contributed by atoms with van der Waals surface area (Å²) < 4.78 is 0. The minimum Gasteiger partial charge on any atom is -0.396 e. The van der Waals surface area contributed by atoms with Crippen LogP contribution in [0.15, 0.2) is 0 Å². The Morgan fingerprint density at radius 1 is 0.688 bits per heavy atom. The largest absolute Gasteiger partial charge is 0.396 e. The molecule has 0 saturated carbocycles. The minimum atomic E-state index is -0.318. The van der Waals surface area contributed by atoms with E-state index < -0.39 is 0 Å². The molecule has 5 heteroatoms. The Balaban J connectivity index is 3.46. The third-order valence-electron chi connectivity index (χ3n) is 2.59. The summed E-state index contributed by atoms with van der Waals surface area (Å²) in [4.78, 5) is 0. The third-order valence-corrected chi connectivity index (χ3v) is 3.62. The molecule has 0 aliphatic rings. The number of aliphatic hydroxyl groups excluding tert-OH is 3. The van der Waals surface area contributed by atoms with Crippen molar-refractivity contribution >= 4 is 25.3 Å². The van der Waals surface area contributed by atoms with Gasteiger partial charge in [0, 0.05) is 23.7 Å². The second-order valence-electron chi connectivity index (χ2n) is 4.14. The second-order valence-corrected chi connectivity index (χ2v) is 5.60. The molecule has 98 valence electrons. The highest BCUT2D eigenvalue weighted by Gasteiger charge is 2.10. The normalized spacial score (nSPS) is 17.1. The van der Waals surface area contributed by atoms with Crippen molar-refractivity contribution in [2.75, 3.05) is 13.2 Å². The van der Waals surface area contributed by atoms with Gasteiger partial charge in [-0.05, 0) is 38.5 Å². The summed E-state index contributed by atoms with van der Waals surface area (Å²) >= 11 is 8.62. The summed E-state index contributed by atoms with van der Waals surface area (Å²) in [6.45, 7) is 0.305. The summed E-state index contributed by atoms with van der Waals surface area (Å²) in [7, 11) is 0. The molecule has 0 radical (unpaired) electrons. The number of hydrogen-bond acceptors (Lipinski definition) is 5. The van der Waals surface area contributed by atoms with Crippen LogP contribution >= 0.6 is 25.3 Å². The number of rotatable bonds is 10. The average Bonchev–Trinajstić information content (AvgIpc) is 2.24. The van der Waals surface area contributed by atoms with Crippen LogP contribution in [-0.4, -0.2) is 45.1 Å². The zero-order valence-electron chi connectivity index (χ0n) is 9.62. The van der Waals surface area contributed by atoms with E-state index in [0.717, 1.165) is 12.8 Å². The predicted octanol–water partition coefficient (Wildman–Crippen LogP) is 1.27. The smallest absolute Gasteiger partial charge is 0.0541 e. The first-order valence-electron chi connectivity index (χ1n) is 5.86. The molecule has 0 heterocycles. The molecule has 0 fully saturated rings. The molecule has 0 aliphatic heterocycles. The lowest BCUT2D eigenvalue weighted by molar-refractivity contribution is 0.146. The minimum absolute atomic E-state index is 0.152. The van der Waals surface area contributed by atoms with E-state index in [1.54, 1.807) is 0 Å². The van der Waals surface area contributed by atoms with Gasteiger partial charge >= 0.3 is 0 Å². The fourth-order valence-electron chi connectivity index (χ4n) is 1.50. The van der Waals surface area contributed by atoms with Crippen molar-refractivity contribution in [2.45, 2.75) is 55.1 Å². The molecule has 0 rings (SSSR count). The molecule has 0 aromatic heterocycles. The first-order chi connectivity index (χ1) is 7.60. The van der Waals surface area contributed by atoms with E-state index in [1.165, 1.54) is 0 Å². The van der Waals surface area contributed by atoms with Crippen molar-refractivity contribution in [1.82, 2.24) is 0 Å². The number of hydrogen-bond donors (Lipinski definition) is 5. The van der Waals surface area contributed by atoms with Gasteiger partial charge in [-0.3, -0.25) is 0 Å². The van der Waals surface area contributed by atoms with Gasteiger partial charge in [-0.1, -0.05) is 0 Å². The van der Waals surface area contributed by atoms with E-state index in [-0.39, 0.29) is 29.8 Å². The van der Waals surface area contributed by atoms with Gasteiger partial charge in [-0.15, -0.1) is 0 Å². The summed E-state index contributed by atoms with van der Waals surface area (Å²) in [5, 5.41) is 27.4. The van der Waals surface area contributed by atoms with E-state index in [0.29, 0.717) is 25.7 Å². The van der Waals surface area contributed by atoms with E-state index in [9.17, 15) is 5.11 Å². The molecule has 0 aliphatic carbocycles. The molecule has 0 saturated heterocycles. The maximum atomic E-state index is 9.69. The Hall–Kier alpha value is 0.580. The van der Waals surface area contributed by atoms with Crippen molar-refractivity contribution in [1.29, 1.82) is 0 Å². The highest BCUT2D eigenvalue weighted by molar-refractivity contribution is 7.81. The lowest BCUT2D eigenvalue weighted by Gasteiger charge is -2.15. The maximum absolute atomic E-state index is 9.69. The predicted molar refractivity (Wildman–Crippen MR) is 73.4 cm³/mol. The van der Waals surface area contributed by atoms with Crippen LogP contribution < -0.4 is 0 Å². The van der Waals surface area contributed by atoms with Crippen LogP contribution in [0.3, 0.4) is 0 Å². The SMILES string of the molecule is OCCC(S)CCC(O)CCC(S)CCO. The highest BCUT2D eigenvalue weighted by atomic mass is 32.1. The topological polar surface area (TPSA) is 60.7 Å². The highest BCUT2D eigenvalue weighted by Crippen LogP contribution is 2.16. The van der Waals surface area contributed by atoms with Crippen LogP contribution in [0.2, 0.25) is 0 Å². The standard InChI is InChI=1S/C11H24O3S2/c12-7-5-10(15)3-1-9(14)2-4-11(16)6-8-13/h9-16H,1-8H2. The third kappa shape index (κ3) is 9.78. The molecule has 2 atom stereocenters. The molecule has 0 amide bonds.